The maximum absolute atomic E-state index is 11.8. The van der Waals surface area contributed by atoms with E-state index in [9.17, 15) is 9.90 Å². The van der Waals surface area contributed by atoms with Crippen molar-refractivity contribution in [1.82, 2.24) is 0 Å². The minimum Gasteiger partial charge on any atom is -0.463 e. The second kappa shape index (κ2) is 7.07. The second-order valence-electron chi connectivity index (χ2n) is 7.44. The second-order valence-corrected chi connectivity index (χ2v) is 12.2. The van der Waals surface area contributed by atoms with Crippen LogP contribution in [0.3, 0.4) is 0 Å². The van der Waals surface area contributed by atoms with Gasteiger partial charge in [0.1, 0.15) is 6.10 Å². The number of hydrogen-bond acceptors (Lipinski definition) is 4. The van der Waals surface area contributed by atoms with E-state index in [0.29, 0.717) is 19.3 Å². The maximum atomic E-state index is 11.8. The smallest absolute Gasteiger partial charge is 0.306 e. The molecule has 0 aliphatic carbocycles. The fourth-order valence-electron chi connectivity index (χ4n) is 2.01. The normalized spacial score (nSPS) is 30.6. The van der Waals surface area contributed by atoms with E-state index in [0.717, 1.165) is 0 Å². The maximum Gasteiger partial charge on any atom is 0.306 e. The van der Waals surface area contributed by atoms with Crippen LogP contribution in [0.2, 0.25) is 18.1 Å². The monoisotopic (exact) mass is 314 g/mol. The summed E-state index contributed by atoms with van der Waals surface area (Å²) in [6, 6.07) is 0. The molecule has 0 aromatic heterocycles. The number of cyclic esters (lactones) is 1. The first-order valence-electron chi connectivity index (χ1n) is 7.75. The summed E-state index contributed by atoms with van der Waals surface area (Å²) in [5.41, 5.74) is 0. The molecule has 0 fully saturated rings. The number of carbonyl (C=O) groups excluding carboxylic acids is 1. The first-order valence-corrected chi connectivity index (χ1v) is 10.7. The largest absolute Gasteiger partial charge is 0.463 e. The zero-order valence-corrected chi connectivity index (χ0v) is 15.2. The Labute approximate surface area is 129 Å². The summed E-state index contributed by atoms with van der Waals surface area (Å²) < 4.78 is 11.6. The van der Waals surface area contributed by atoms with Crippen LogP contribution in [0.25, 0.3) is 0 Å². The third-order valence-electron chi connectivity index (χ3n) is 4.34. The number of ether oxygens (including phenoxy) is 1. The predicted octanol–water partition coefficient (Wildman–Crippen LogP) is 3.41. The van der Waals surface area contributed by atoms with Crippen LogP contribution in [0, 0.1) is 0 Å². The van der Waals surface area contributed by atoms with Crippen molar-refractivity contribution in [1.29, 1.82) is 0 Å². The van der Waals surface area contributed by atoms with Crippen molar-refractivity contribution in [2.24, 2.45) is 0 Å². The van der Waals surface area contributed by atoms with Crippen molar-refractivity contribution in [3.8, 4) is 0 Å². The number of rotatable bonds is 2. The van der Waals surface area contributed by atoms with E-state index in [2.05, 4.69) is 33.9 Å². The van der Waals surface area contributed by atoms with Gasteiger partial charge in [0.15, 0.2) is 8.32 Å². The van der Waals surface area contributed by atoms with Crippen LogP contribution in [-0.4, -0.2) is 37.7 Å². The molecular weight excluding hydrogens is 284 g/mol. The van der Waals surface area contributed by atoms with Gasteiger partial charge in [-0.05, 0) is 31.5 Å². The highest BCUT2D eigenvalue weighted by Gasteiger charge is 2.38. The van der Waals surface area contributed by atoms with Crippen LogP contribution in [0.4, 0.5) is 0 Å². The number of carbonyl (C=O) groups is 1. The van der Waals surface area contributed by atoms with Crippen molar-refractivity contribution in [3.05, 3.63) is 12.2 Å². The topological polar surface area (TPSA) is 55.8 Å². The Morgan fingerprint density at radius 3 is 2.52 bits per heavy atom. The molecule has 0 unspecified atom stereocenters. The lowest BCUT2D eigenvalue weighted by molar-refractivity contribution is -0.149. The fourth-order valence-corrected chi connectivity index (χ4v) is 3.32. The molecule has 0 saturated carbocycles. The standard InChI is InChI=1S/C16H30O4Si/c1-12-11-13(17)7-8-14(9-10-15(18)19-12)20-21(5,6)16(2,3)4/h7-8,12-14,17H,9-11H2,1-6H3/b8-7+/t12-,13+,14-/m1/s1. The average molecular weight is 314 g/mol. The molecule has 3 atom stereocenters. The summed E-state index contributed by atoms with van der Waals surface area (Å²) in [4.78, 5) is 11.8. The summed E-state index contributed by atoms with van der Waals surface area (Å²) in [6.45, 7) is 12.8. The van der Waals surface area contributed by atoms with Gasteiger partial charge in [-0.25, -0.2) is 0 Å². The van der Waals surface area contributed by atoms with E-state index in [1.807, 2.05) is 6.08 Å². The van der Waals surface area contributed by atoms with E-state index >= 15 is 0 Å². The van der Waals surface area contributed by atoms with Crippen LogP contribution in [0.1, 0.15) is 47.0 Å². The van der Waals surface area contributed by atoms with Gasteiger partial charge in [0, 0.05) is 12.8 Å². The first-order chi connectivity index (χ1) is 9.51. The van der Waals surface area contributed by atoms with Crippen LogP contribution in [0.5, 0.6) is 0 Å². The van der Waals surface area contributed by atoms with Crippen LogP contribution in [0.15, 0.2) is 12.2 Å². The Kier molecular flexibility index (Phi) is 6.19. The molecule has 1 rings (SSSR count). The minimum atomic E-state index is -1.90. The summed E-state index contributed by atoms with van der Waals surface area (Å²) in [5.74, 6) is -0.214. The van der Waals surface area contributed by atoms with Crippen LogP contribution in [-0.2, 0) is 14.0 Å². The Morgan fingerprint density at radius 2 is 1.95 bits per heavy atom. The first kappa shape index (κ1) is 18.4. The number of aliphatic hydroxyl groups excluding tert-OH is 1. The lowest BCUT2D eigenvalue weighted by atomic mass is 10.1. The van der Waals surface area contributed by atoms with Crippen LogP contribution < -0.4 is 0 Å². The molecule has 0 bridgehead atoms. The van der Waals surface area contributed by atoms with Crippen molar-refractivity contribution in [2.75, 3.05) is 0 Å². The summed E-state index contributed by atoms with van der Waals surface area (Å²) in [5, 5.41) is 10.1. The lowest BCUT2D eigenvalue weighted by Gasteiger charge is -2.38. The predicted molar refractivity (Wildman–Crippen MR) is 86.6 cm³/mol. The Balaban J connectivity index is 2.82. The highest BCUT2D eigenvalue weighted by Crippen LogP contribution is 2.38. The van der Waals surface area contributed by atoms with Gasteiger partial charge < -0.3 is 14.3 Å². The van der Waals surface area contributed by atoms with Crippen molar-refractivity contribution < 1.29 is 19.1 Å². The van der Waals surface area contributed by atoms with E-state index in [-0.39, 0.29) is 23.2 Å². The summed E-state index contributed by atoms with van der Waals surface area (Å²) >= 11 is 0. The Morgan fingerprint density at radius 1 is 1.33 bits per heavy atom. The third kappa shape index (κ3) is 5.92. The Bertz CT molecular complexity index is 384. The average Bonchev–Trinajstić information content (AvgIpc) is 2.30. The SMILES string of the molecule is C[C@@H]1C[C@@H](O)/C=C/[C@@H](O[Si](C)(C)C(C)(C)C)CCC(=O)O1. The minimum absolute atomic E-state index is 0.115. The fraction of sp³-hybridized carbons (Fsp3) is 0.812. The molecule has 0 aromatic carbocycles. The van der Waals surface area contributed by atoms with Gasteiger partial charge in [-0.1, -0.05) is 32.9 Å². The van der Waals surface area contributed by atoms with Crippen molar-refractivity contribution in [2.45, 2.75) is 83.4 Å². The number of esters is 1. The van der Waals surface area contributed by atoms with Gasteiger partial charge >= 0.3 is 5.97 Å². The highest BCUT2D eigenvalue weighted by molar-refractivity contribution is 6.74. The van der Waals surface area contributed by atoms with Gasteiger partial charge in [-0.2, -0.15) is 0 Å². The Hall–Kier alpha value is -0.653. The molecule has 0 saturated heterocycles. The zero-order valence-electron chi connectivity index (χ0n) is 14.2. The van der Waals surface area contributed by atoms with E-state index in [1.54, 1.807) is 13.0 Å². The molecule has 0 amide bonds. The van der Waals surface area contributed by atoms with Gasteiger partial charge in [-0.3, -0.25) is 4.79 Å². The molecule has 0 aromatic rings. The molecule has 0 radical (unpaired) electrons. The van der Waals surface area contributed by atoms with Crippen molar-refractivity contribution >= 4 is 14.3 Å². The van der Waals surface area contributed by atoms with E-state index in [4.69, 9.17) is 9.16 Å². The zero-order chi connectivity index (χ0) is 16.3. The van der Waals surface area contributed by atoms with Crippen molar-refractivity contribution in [3.63, 3.8) is 0 Å². The molecule has 21 heavy (non-hydrogen) atoms. The van der Waals surface area contributed by atoms with Crippen LogP contribution >= 0.6 is 0 Å². The molecule has 1 N–H and O–H groups in total. The summed E-state index contributed by atoms with van der Waals surface area (Å²) in [6.07, 6.45) is 4.07. The number of hydrogen-bond donors (Lipinski definition) is 1. The quantitative estimate of drug-likeness (QED) is 0.482. The molecular formula is C16H30O4Si. The molecule has 0 spiro atoms. The molecule has 122 valence electrons. The van der Waals surface area contributed by atoms with Gasteiger partial charge in [0.25, 0.3) is 0 Å². The molecule has 1 aliphatic heterocycles. The van der Waals surface area contributed by atoms with Gasteiger partial charge in [-0.15, -0.1) is 0 Å². The highest BCUT2D eigenvalue weighted by atomic mass is 28.4. The molecule has 4 nitrogen and oxygen atoms in total. The number of aliphatic hydroxyl groups is 1. The van der Waals surface area contributed by atoms with Gasteiger partial charge in [0.2, 0.25) is 0 Å². The molecule has 1 heterocycles. The van der Waals surface area contributed by atoms with E-state index < -0.39 is 14.4 Å². The lowest BCUT2D eigenvalue weighted by Crippen LogP contribution is -2.43. The third-order valence-corrected chi connectivity index (χ3v) is 8.84. The molecule has 1 aliphatic rings. The van der Waals surface area contributed by atoms with Gasteiger partial charge in [0.05, 0.1) is 12.2 Å². The van der Waals surface area contributed by atoms with E-state index in [1.165, 1.54) is 0 Å². The molecule has 5 heteroatoms. The summed E-state index contributed by atoms with van der Waals surface area (Å²) in [7, 11) is -1.90.